The molecule has 0 bridgehead atoms. The van der Waals surface area contributed by atoms with Crippen LogP contribution in [-0.4, -0.2) is 34.2 Å². The Hall–Kier alpha value is -2.70. The van der Waals surface area contributed by atoms with Crippen molar-refractivity contribution in [2.24, 2.45) is 7.05 Å². The maximum absolute atomic E-state index is 13.6. The van der Waals surface area contributed by atoms with Gasteiger partial charge in [0.25, 0.3) is 5.91 Å². The molecule has 2 heterocycles. The van der Waals surface area contributed by atoms with E-state index < -0.39 is 17.8 Å². The zero-order valence-electron chi connectivity index (χ0n) is 12.0. The minimum Gasteiger partial charge on any atom is -0.340 e. The van der Waals surface area contributed by atoms with Gasteiger partial charge in [-0.15, -0.1) is 0 Å². The van der Waals surface area contributed by atoms with E-state index in [0.29, 0.717) is 18.7 Å². The summed E-state index contributed by atoms with van der Waals surface area (Å²) in [7, 11) is 1.77. The fraction of sp³-hybridized carbons (Fsp3) is 0.267. The monoisotopic (exact) mass is 302 g/mol. The molecule has 0 aliphatic carbocycles. The van der Waals surface area contributed by atoms with Crippen molar-refractivity contribution in [1.29, 1.82) is 0 Å². The van der Waals surface area contributed by atoms with Gasteiger partial charge in [0.05, 0.1) is 17.4 Å². The summed E-state index contributed by atoms with van der Waals surface area (Å²) in [4.78, 5) is 26.0. The van der Waals surface area contributed by atoms with Crippen molar-refractivity contribution in [3.63, 3.8) is 0 Å². The summed E-state index contributed by atoms with van der Waals surface area (Å²) in [6.45, 7) is 0.493. The zero-order chi connectivity index (χ0) is 15.7. The molecule has 0 spiro atoms. The number of benzene rings is 1. The second-order valence-electron chi connectivity index (χ2n) is 5.16. The third-order valence-corrected chi connectivity index (χ3v) is 3.63. The summed E-state index contributed by atoms with van der Waals surface area (Å²) >= 11 is 0. The number of nitrogens with one attached hydrogen (secondary N) is 1. The largest absolute Gasteiger partial charge is 0.340 e. The van der Waals surface area contributed by atoms with Crippen LogP contribution in [0.15, 0.2) is 36.7 Å². The number of nitrogens with zero attached hydrogens (tertiary/aromatic N) is 3. The Labute approximate surface area is 126 Å². The highest BCUT2D eigenvalue weighted by molar-refractivity contribution is 6.03. The first-order valence-electron chi connectivity index (χ1n) is 6.91. The van der Waals surface area contributed by atoms with Gasteiger partial charge in [-0.05, 0) is 18.6 Å². The molecule has 2 amide bonds. The zero-order valence-corrected chi connectivity index (χ0v) is 12.0. The van der Waals surface area contributed by atoms with E-state index in [-0.39, 0.29) is 11.5 Å². The van der Waals surface area contributed by atoms with E-state index in [9.17, 15) is 14.0 Å². The van der Waals surface area contributed by atoms with E-state index >= 15 is 0 Å². The summed E-state index contributed by atoms with van der Waals surface area (Å²) in [6.07, 6.45) is 3.81. The SMILES string of the molecule is Cn1cc(N2CC[C@H](NC(=O)c3ccccc3F)C2=O)cn1. The Balaban J connectivity index is 1.71. The third kappa shape index (κ3) is 2.57. The van der Waals surface area contributed by atoms with E-state index in [0.717, 1.165) is 0 Å². The maximum atomic E-state index is 13.6. The number of rotatable bonds is 3. The van der Waals surface area contributed by atoms with Gasteiger partial charge in [-0.25, -0.2) is 4.39 Å². The van der Waals surface area contributed by atoms with E-state index in [1.807, 2.05) is 0 Å². The van der Waals surface area contributed by atoms with Crippen LogP contribution in [0.3, 0.4) is 0 Å². The number of anilines is 1. The first-order valence-corrected chi connectivity index (χ1v) is 6.91. The predicted octanol–water partition coefficient (Wildman–Crippen LogP) is 1.09. The minimum atomic E-state index is -0.646. The minimum absolute atomic E-state index is 0.0601. The predicted molar refractivity (Wildman–Crippen MR) is 77.8 cm³/mol. The maximum Gasteiger partial charge on any atom is 0.254 e. The van der Waals surface area contributed by atoms with Crippen LogP contribution in [0.4, 0.5) is 10.1 Å². The average molecular weight is 302 g/mol. The van der Waals surface area contributed by atoms with Crippen LogP contribution in [0.1, 0.15) is 16.8 Å². The lowest BCUT2D eigenvalue weighted by Crippen LogP contribution is -2.41. The number of carbonyl (C=O) groups excluding carboxylic acids is 2. The lowest BCUT2D eigenvalue weighted by Gasteiger charge is -2.15. The summed E-state index contributed by atoms with van der Waals surface area (Å²) in [5, 5.41) is 6.62. The summed E-state index contributed by atoms with van der Waals surface area (Å²) < 4.78 is 15.2. The van der Waals surface area contributed by atoms with Crippen molar-refractivity contribution in [1.82, 2.24) is 15.1 Å². The molecule has 2 aromatic rings. The summed E-state index contributed by atoms with van der Waals surface area (Å²) in [5.74, 6) is -1.39. The van der Waals surface area contributed by atoms with Crippen molar-refractivity contribution in [3.8, 4) is 0 Å². The molecule has 1 aromatic heterocycles. The smallest absolute Gasteiger partial charge is 0.254 e. The van der Waals surface area contributed by atoms with Gasteiger partial charge in [-0.1, -0.05) is 12.1 Å². The van der Waals surface area contributed by atoms with Crippen LogP contribution < -0.4 is 10.2 Å². The van der Waals surface area contributed by atoms with E-state index in [2.05, 4.69) is 10.4 Å². The molecule has 0 unspecified atom stereocenters. The van der Waals surface area contributed by atoms with E-state index in [1.54, 1.807) is 35.1 Å². The van der Waals surface area contributed by atoms with Crippen LogP contribution in [0.5, 0.6) is 0 Å². The molecule has 1 saturated heterocycles. The van der Waals surface area contributed by atoms with Crippen molar-refractivity contribution in [2.45, 2.75) is 12.5 Å². The fourth-order valence-corrected chi connectivity index (χ4v) is 2.50. The highest BCUT2D eigenvalue weighted by atomic mass is 19.1. The van der Waals surface area contributed by atoms with Crippen molar-refractivity contribution in [2.75, 3.05) is 11.4 Å². The van der Waals surface area contributed by atoms with Crippen LogP contribution in [0.25, 0.3) is 0 Å². The number of carbonyl (C=O) groups is 2. The summed E-state index contributed by atoms with van der Waals surface area (Å²) in [5.41, 5.74) is 0.630. The van der Waals surface area contributed by atoms with E-state index in [4.69, 9.17) is 0 Å². The number of hydrogen-bond acceptors (Lipinski definition) is 3. The lowest BCUT2D eigenvalue weighted by atomic mass is 10.1. The second kappa shape index (κ2) is 5.59. The Kier molecular flexibility index (Phi) is 3.62. The van der Waals surface area contributed by atoms with Gasteiger partial charge >= 0.3 is 0 Å². The van der Waals surface area contributed by atoms with Crippen molar-refractivity contribution >= 4 is 17.5 Å². The van der Waals surface area contributed by atoms with Crippen molar-refractivity contribution in [3.05, 3.63) is 48.0 Å². The van der Waals surface area contributed by atoms with Crippen LogP contribution in [0.2, 0.25) is 0 Å². The Morgan fingerprint density at radius 1 is 1.41 bits per heavy atom. The van der Waals surface area contributed by atoms with Crippen LogP contribution in [-0.2, 0) is 11.8 Å². The van der Waals surface area contributed by atoms with Gasteiger partial charge in [-0.3, -0.25) is 14.3 Å². The van der Waals surface area contributed by atoms with Crippen LogP contribution in [0, 0.1) is 5.82 Å². The van der Waals surface area contributed by atoms with Gasteiger partial charge in [0.15, 0.2) is 0 Å². The first-order chi connectivity index (χ1) is 10.6. The molecule has 1 atom stereocenters. The molecule has 0 radical (unpaired) electrons. The molecular weight excluding hydrogens is 287 g/mol. The normalized spacial score (nSPS) is 17.8. The molecular formula is C15H15FN4O2. The molecule has 114 valence electrons. The molecule has 1 aromatic carbocycles. The number of amides is 2. The first kappa shape index (κ1) is 14.2. The van der Waals surface area contributed by atoms with Gasteiger partial charge in [0.1, 0.15) is 11.9 Å². The standard InChI is InChI=1S/C15H15FN4O2/c1-19-9-10(8-17-19)20-7-6-13(15(20)22)18-14(21)11-4-2-3-5-12(11)16/h2-5,8-9,13H,6-7H2,1H3,(H,18,21)/t13-/m0/s1. The highest BCUT2D eigenvalue weighted by Gasteiger charge is 2.34. The molecule has 0 saturated carbocycles. The Morgan fingerprint density at radius 2 is 2.18 bits per heavy atom. The quantitative estimate of drug-likeness (QED) is 0.923. The van der Waals surface area contributed by atoms with Gasteiger partial charge < -0.3 is 10.2 Å². The molecule has 6 nitrogen and oxygen atoms in total. The fourth-order valence-electron chi connectivity index (χ4n) is 2.50. The summed E-state index contributed by atoms with van der Waals surface area (Å²) in [6, 6.07) is 5.05. The number of hydrogen-bond donors (Lipinski definition) is 1. The molecule has 3 rings (SSSR count). The van der Waals surface area contributed by atoms with Gasteiger partial charge in [0, 0.05) is 19.8 Å². The molecule has 1 aliphatic rings. The molecule has 7 heteroatoms. The van der Waals surface area contributed by atoms with Gasteiger partial charge in [-0.2, -0.15) is 5.10 Å². The van der Waals surface area contributed by atoms with Crippen molar-refractivity contribution < 1.29 is 14.0 Å². The number of aromatic nitrogens is 2. The molecule has 1 aliphatic heterocycles. The number of aryl methyl sites for hydroxylation is 1. The molecule has 1 fully saturated rings. The highest BCUT2D eigenvalue weighted by Crippen LogP contribution is 2.21. The lowest BCUT2D eigenvalue weighted by molar-refractivity contribution is -0.118. The van der Waals surface area contributed by atoms with E-state index in [1.165, 1.54) is 18.2 Å². The Bertz CT molecular complexity index is 728. The average Bonchev–Trinajstić information content (AvgIpc) is 3.06. The third-order valence-electron chi connectivity index (χ3n) is 3.63. The second-order valence-corrected chi connectivity index (χ2v) is 5.16. The Morgan fingerprint density at radius 3 is 2.86 bits per heavy atom. The molecule has 22 heavy (non-hydrogen) atoms. The van der Waals surface area contributed by atoms with Gasteiger partial charge in [0.2, 0.25) is 5.91 Å². The molecule has 1 N–H and O–H groups in total. The topological polar surface area (TPSA) is 67.2 Å². The van der Waals surface area contributed by atoms with Crippen LogP contribution >= 0.6 is 0 Å². The number of halogens is 1.